The van der Waals surface area contributed by atoms with E-state index in [-0.39, 0.29) is 22.6 Å². The molecule has 0 radical (unpaired) electrons. The topological polar surface area (TPSA) is 102 Å². The van der Waals surface area contributed by atoms with Gasteiger partial charge < -0.3 is 15.3 Å². The van der Waals surface area contributed by atoms with E-state index in [0.717, 1.165) is 6.07 Å². The molecule has 1 rings (SSSR count). The van der Waals surface area contributed by atoms with Crippen LogP contribution >= 0.6 is 0 Å². The number of aromatic hydroxyl groups is 2. The predicted molar refractivity (Wildman–Crippen MR) is 51.0 cm³/mol. The molecule has 0 amide bonds. The summed E-state index contributed by atoms with van der Waals surface area (Å²) >= 11 is 0. The van der Waals surface area contributed by atoms with Crippen molar-refractivity contribution < 1.29 is 20.1 Å². The van der Waals surface area contributed by atoms with Gasteiger partial charge in [-0.3, -0.25) is 0 Å². The Morgan fingerprint density at radius 2 is 2.07 bits per heavy atom. The Labute approximate surface area is 85.1 Å². The second-order valence-electron chi connectivity index (χ2n) is 2.71. The maximum atomic E-state index is 10.4. The molecule has 0 aromatic heterocycles. The third-order valence-electron chi connectivity index (χ3n) is 1.66. The van der Waals surface area contributed by atoms with E-state index in [1.807, 2.05) is 0 Å². The number of phenols is 2. The van der Waals surface area contributed by atoms with E-state index in [1.54, 1.807) is 6.07 Å². The molecule has 0 aliphatic heterocycles. The van der Waals surface area contributed by atoms with Crippen LogP contribution in [0.2, 0.25) is 0 Å². The summed E-state index contributed by atoms with van der Waals surface area (Å²) in [6.45, 7) is 0. The summed E-state index contributed by atoms with van der Waals surface area (Å²) < 4.78 is 0. The van der Waals surface area contributed by atoms with Gasteiger partial charge in [0.1, 0.15) is 17.6 Å². The molecule has 0 saturated carbocycles. The van der Waals surface area contributed by atoms with Crippen molar-refractivity contribution in [2.75, 3.05) is 0 Å². The van der Waals surface area contributed by atoms with Crippen molar-refractivity contribution in [3.05, 3.63) is 29.8 Å². The highest BCUT2D eigenvalue weighted by atomic mass is 16.4. The zero-order valence-corrected chi connectivity index (χ0v) is 7.51. The molecule has 0 atom stereocenters. The van der Waals surface area contributed by atoms with Crippen LogP contribution in [0.25, 0.3) is 5.57 Å². The number of aliphatic carboxylic acids is 1. The Balaban J connectivity index is 3.27. The van der Waals surface area contributed by atoms with Crippen molar-refractivity contribution in [1.82, 2.24) is 0 Å². The van der Waals surface area contributed by atoms with Crippen LogP contribution in [0, 0.1) is 11.3 Å². The van der Waals surface area contributed by atoms with Gasteiger partial charge in [0.05, 0.1) is 5.57 Å². The molecule has 0 aliphatic rings. The van der Waals surface area contributed by atoms with Crippen molar-refractivity contribution in [1.29, 1.82) is 5.26 Å². The summed E-state index contributed by atoms with van der Waals surface area (Å²) in [5.74, 6) is -1.79. The number of carboxylic acids is 1. The molecule has 1 aromatic carbocycles. The molecule has 3 N–H and O–H groups in total. The van der Waals surface area contributed by atoms with E-state index in [9.17, 15) is 9.90 Å². The van der Waals surface area contributed by atoms with Gasteiger partial charge in [-0.15, -0.1) is 0 Å². The van der Waals surface area contributed by atoms with Crippen molar-refractivity contribution in [2.24, 2.45) is 0 Å². The van der Waals surface area contributed by atoms with Gasteiger partial charge in [0.15, 0.2) is 0 Å². The predicted octanol–water partition coefficient (Wildman–Crippen LogP) is 1.09. The Hall–Kier alpha value is -2.48. The normalized spacial score (nSPS) is 10.7. The summed E-state index contributed by atoms with van der Waals surface area (Å²) in [5.41, 5.74) is -0.113. The quantitative estimate of drug-likeness (QED) is 0.495. The van der Waals surface area contributed by atoms with Gasteiger partial charge in [0, 0.05) is 17.7 Å². The third kappa shape index (κ3) is 2.48. The smallest absolute Gasteiger partial charge is 0.329 e. The van der Waals surface area contributed by atoms with Gasteiger partial charge in [-0.2, -0.15) is 5.26 Å². The van der Waals surface area contributed by atoms with Crippen molar-refractivity contribution in [2.45, 2.75) is 0 Å². The Morgan fingerprint density at radius 3 is 2.53 bits per heavy atom. The summed E-state index contributed by atoms with van der Waals surface area (Å²) in [5, 5.41) is 35.5. The summed E-state index contributed by atoms with van der Waals surface area (Å²) in [6, 6.07) is 5.20. The lowest BCUT2D eigenvalue weighted by atomic mass is 10.1. The molecule has 0 aliphatic carbocycles. The van der Waals surface area contributed by atoms with E-state index >= 15 is 0 Å². The average Bonchev–Trinajstić information content (AvgIpc) is 2.14. The summed E-state index contributed by atoms with van der Waals surface area (Å²) in [6.07, 6.45) is 0.687. The fourth-order valence-electron chi connectivity index (χ4n) is 1.04. The average molecular weight is 205 g/mol. The van der Waals surface area contributed by atoms with Crippen LogP contribution in [0.15, 0.2) is 24.3 Å². The number of carboxylic acid groups (broad SMARTS) is 1. The number of nitriles is 1. The minimum atomic E-state index is -1.28. The van der Waals surface area contributed by atoms with E-state index in [1.165, 1.54) is 12.1 Å². The number of hydrogen-bond donors (Lipinski definition) is 3. The highest BCUT2D eigenvalue weighted by Crippen LogP contribution is 2.28. The molecule has 5 heteroatoms. The molecule has 0 saturated heterocycles. The van der Waals surface area contributed by atoms with Gasteiger partial charge in [-0.25, -0.2) is 4.79 Å². The van der Waals surface area contributed by atoms with Crippen molar-refractivity contribution in [3.8, 4) is 17.6 Å². The Bertz CT molecular complexity index is 471. The first-order valence-corrected chi connectivity index (χ1v) is 3.91. The maximum absolute atomic E-state index is 10.4. The maximum Gasteiger partial charge on any atom is 0.329 e. The number of rotatable bonds is 2. The van der Waals surface area contributed by atoms with Gasteiger partial charge >= 0.3 is 5.97 Å². The Morgan fingerprint density at radius 1 is 1.40 bits per heavy atom. The SMILES string of the molecule is N#CC(=CC(=O)O)c1ccc(O)cc1O. The van der Waals surface area contributed by atoms with Crippen LogP contribution < -0.4 is 0 Å². The molecule has 0 unspecified atom stereocenters. The molecule has 0 fully saturated rings. The first-order valence-electron chi connectivity index (χ1n) is 3.91. The second kappa shape index (κ2) is 4.15. The zero-order chi connectivity index (χ0) is 11.4. The van der Waals surface area contributed by atoms with Gasteiger partial charge in [-0.1, -0.05) is 0 Å². The minimum absolute atomic E-state index is 0.0673. The lowest BCUT2D eigenvalue weighted by Crippen LogP contribution is -1.91. The first-order chi connectivity index (χ1) is 7.04. The van der Waals surface area contributed by atoms with E-state index in [0.29, 0.717) is 6.08 Å². The number of hydrogen-bond acceptors (Lipinski definition) is 4. The van der Waals surface area contributed by atoms with Gasteiger partial charge in [0.25, 0.3) is 0 Å². The van der Waals surface area contributed by atoms with Gasteiger partial charge in [0.2, 0.25) is 0 Å². The fourth-order valence-corrected chi connectivity index (χ4v) is 1.04. The third-order valence-corrected chi connectivity index (χ3v) is 1.66. The minimum Gasteiger partial charge on any atom is -0.508 e. The first kappa shape index (κ1) is 10.6. The van der Waals surface area contributed by atoms with E-state index < -0.39 is 5.97 Å². The van der Waals surface area contributed by atoms with Gasteiger partial charge in [-0.05, 0) is 12.1 Å². The lowest BCUT2D eigenvalue weighted by molar-refractivity contribution is -0.131. The molecule has 0 spiro atoms. The monoisotopic (exact) mass is 205 g/mol. The molecule has 15 heavy (non-hydrogen) atoms. The van der Waals surface area contributed by atoms with Crippen LogP contribution in [0.3, 0.4) is 0 Å². The summed E-state index contributed by atoms with van der Waals surface area (Å²) in [7, 11) is 0. The van der Waals surface area contributed by atoms with Crippen LogP contribution in [0.5, 0.6) is 11.5 Å². The van der Waals surface area contributed by atoms with E-state index in [2.05, 4.69) is 0 Å². The number of phenolic OH excluding ortho intramolecular Hbond substituents is 2. The molecule has 1 aromatic rings. The molecule has 5 nitrogen and oxygen atoms in total. The highest BCUT2D eigenvalue weighted by Gasteiger charge is 2.09. The van der Waals surface area contributed by atoms with Crippen molar-refractivity contribution >= 4 is 11.5 Å². The van der Waals surface area contributed by atoms with Crippen LogP contribution in [-0.4, -0.2) is 21.3 Å². The highest BCUT2D eigenvalue weighted by molar-refractivity contribution is 5.95. The fraction of sp³-hybridized carbons (Fsp3) is 0. The molecular formula is C10H7NO4. The number of nitrogens with zero attached hydrogens (tertiary/aromatic N) is 1. The molecular weight excluding hydrogens is 198 g/mol. The lowest BCUT2D eigenvalue weighted by Gasteiger charge is -2.02. The Kier molecular flexibility index (Phi) is 2.94. The summed E-state index contributed by atoms with van der Waals surface area (Å²) in [4.78, 5) is 10.4. The van der Waals surface area contributed by atoms with Crippen molar-refractivity contribution in [3.63, 3.8) is 0 Å². The zero-order valence-electron chi connectivity index (χ0n) is 7.51. The second-order valence-corrected chi connectivity index (χ2v) is 2.71. The van der Waals surface area contributed by atoms with Crippen LogP contribution in [0.1, 0.15) is 5.56 Å². The number of benzene rings is 1. The molecule has 76 valence electrons. The standard InChI is InChI=1S/C10H7NO4/c11-5-6(3-10(14)15)8-2-1-7(12)4-9(8)13/h1-4,12-13H,(H,14,15). The number of allylic oxidation sites excluding steroid dienone is 1. The van der Waals surface area contributed by atoms with E-state index in [4.69, 9.17) is 15.5 Å². The molecule has 0 bridgehead atoms. The van der Waals surface area contributed by atoms with Crippen LogP contribution in [-0.2, 0) is 4.79 Å². The number of carbonyl (C=O) groups is 1. The largest absolute Gasteiger partial charge is 0.508 e. The molecule has 0 heterocycles. The van der Waals surface area contributed by atoms with Crippen LogP contribution in [0.4, 0.5) is 0 Å².